The Morgan fingerprint density at radius 2 is 2.05 bits per heavy atom. The summed E-state index contributed by atoms with van der Waals surface area (Å²) in [6, 6.07) is 12.1. The molecule has 2 rings (SSSR count). The SMILES string of the molecule is CCN(Cc1ccccn1)c1ccc(C)cc1CO. The minimum Gasteiger partial charge on any atom is -0.392 e. The van der Waals surface area contributed by atoms with Crippen LogP contribution in [0, 0.1) is 6.92 Å². The first kappa shape index (κ1) is 13.6. The number of aliphatic hydroxyl groups is 1. The van der Waals surface area contributed by atoms with Gasteiger partial charge in [0.1, 0.15) is 0 Å². The fourth-order valence-electron chi connectivity index (χ4n) is 2.20. The molecule has 3 nitrogen and oxygen atoms in total. The third-order valence-corrected chi connectivity index (χ3v) is 3.21. The molecule has 0 amide bonds. The van der Waals surface area contributed by atoms with Crippen LogP contribution < -0.4 is 4.90 Å². The molecule has 0 aliphatic carbocycles. The number of hydrogen-bond acceptors (Lipinski definition) is 3. The summed E-state index contributed by atoms with van der Waals surface area (Å²) in [5, 5.41) is 9.51. The molecule has 0 radical (unpaired) electrons. The molecule has 0 atom stereocenters. The van der Waals surface area contributed by atoms with Crippen molar-refractivity contribution in [3.63, 3.8) is 0 Å². The summed E-state index contributed by atoms with van der Waals surface area (Å²) in [6.45, 7) is 5.86. The topological polar surface area (TPSA) is 36.4 Å². The van der Waals surface area contributed by atoms with Crippen LogP contribution in [-0.2, 0) is 13.2 Å². The molecule has 0 spiro atoms. The maximum atomic E-state index is 9.51. The van der Waals surface area contributed by atoms with E-state index in [1.165, 1.54) is 5.56 Å². The van der Waals surface area contributed by atoms with E-state index in [0.717, 1.165) is 30.0 Å². The van der Waals surface area contributed by atoms with E-state index in [-0.39, 0.29) is 6.61 Å². The van der Waals surface area contributed by atoms with Crippen LogP contribution in [0.15, 0.2) is 42.6 Å². The monoisotopic (exact) mass is 256 g/mol. The fourth-order valence-corrected chi connectivity index (χ4v) is 2.20. The molecule has 100 valence electrons. The number of pyridine rings is 1. The van der Waals surface area contributed by atoms with E-state index in [0.29, 0.717) is 0 Å². The van der Waals surface area contributed by atoms with E-state index in [4.69, 9.17) is 0 Å². The Bertz CT molecular complexity index is 526. The normalized spacial score (nSPS) is 10.5. The fraction of sp³-hybridized carbons (Fsp3) is 0.312. The molecular weight excluding hydrogens is 236 g/mol. The third-order valence-electron chi connectivity index (χ3n) is 3.21. The maximum absolute atomic E-state index is 9.51. The number of nitrogens with zero attached hydrogens (tertiary/aromatic N) is 2. The first-order valence-electron chi connectivity index (χ1n) is 6.60. The Morgan fingerprint density at radius 3 is 2.68 bits per heavy atom. The lowest BCUT2D eigenvalue weighted by Crippen LogP contribution is -2.23. The lowest BCUT2D eigenvalue weighted by Gasteiger charge is -2.25. The van der Waals surface area contributed by atoms with Gasteiger partial charge in [0.15, 0.2) is 0 Å². The summed E-state index contributed by atoms with van der Waals surface area (Å²) in [5.41, 5.74) is 4.26. The number of aromatic nitrogens is 1. The number of aryl methyl sites for hydroxylation is 1. The summed E-state index contributed by atoms with van der Waals surface area (Å²) in [6.07, 6.45) is 1.81. The molecule has 0 unspecified atom stereocenters. The average Bonchev–Trinajstić information content (AvgIpc) is 2.46. The molecule has 0 fully saturated rings. The van der Waals surface area contributed by atoms with Gasteiger partial charge in [0, 0.05) is 24.0 Å². The standard InChI is InChI=1S/C16H20N2O/c1-3-18(11-15-6-4-5-9-17-15)16-8-7-13(2)10-14(16)12-19/h4-10,19H,3,11-12H2,1-2H3. The number of rotatable bonds is 5. The van der Waals surface area contributed by atoms with Crippen molar-refractivity contribution in [2.75, 3.05) is 11.4 Å². The van der Waals surface area contributed by atoms with Gasteiger partial charge in [0.2, 0.25) is 0 Å². The van der Waals surface area contributed by atoms with E-state index in [1.807, 2.05) is 37.4 Å². The molecule has 19 heavy (non-hydrogen) atoms. The Hall–Kier alpha value is -1.87. The summed E-state index contributed by atoms with van der Waals surface area (Å²) in [7, 11) is 0. The van der Waals surface area contributed by atoms with Gasteiger partial charge in [0.05, 0.1) is 18.8 Å². The number of benzene rings is 1. The van der Waals surface area contributed by atoms with Crippen molar-refractivity contribution in [1.29, 1.82) is 0 Å². The van der Waals surface area contributed by atoms with Gasteiger partial charge in [-0.1, -0.05) is 23.8 Å². The van der Waals surface area contributed by atoms with Crippen molar-refractivity contribution in [2.45, 2.75) is 27.0 Å². The maximum Gasteiger partial charge on any atom is 0.0702 e. The first-order chi connectivity index (χ1) is 9.24. The number of anilines is 1. The molecule has 2 aromatic rings. The van der Waals surface area contributed by atoms with E-state index in [2.05, 4.69) is 28.9 Å². The molecule has 1 heterocycles. The Balaban J connectivity index is 2.27. The molecular formula is C16H20N2O. The van der Waals surface area contributed by atoms with Gasteiger partial charge < -0.3 is 10.0 Å². The van der Waals surface area contributed by atoms with E-state index >= 15 is 0 Å². The predicted molar refractivity (Wildman–Crippen MR) is 78.1 cm³/mol. The summed E-state index contributed by atoms with van der Waals surface area (Å²) < 4.78 is 0. The van der Waals surface area contributed by atoms with Gasteiger partial charge in [-0.25, -0.2) is 0 Å². The van der Waals surface area contributed by atoms with Gasteiger partial charge in [0.25, 0.3) is 0 Å². The van der Waals surface area contributed by atoms with E-state index in [9.17, 15) is 5.11 Å². The lowest BCUT2D eigenvalue weighted by atomic mass is 10.1. The largest absolute Gasteiger partial charge is 0.392 e. The average molecular weight is 256 g/mol. The predicted octanol–water partition coefficient (Wildman–Crippen LogP) is 2.91. The minimum absolute atomic E-state index is 0.0652. The van der Waals surface area contributed by atoms with Crippen molar-refractivity contribution in [2.24, 2.45) is 0 Å². The van der Waals surface area contributed by atoms with Gasteiger partial charge in [-0.3, -0.25) is 4.98 Å². The Morgan fingerprint density at radius 1 is 1.21 bits per heavy atom. The minimum atomic E-state index is 0.0652. The lowest BCUT2D eigenvalue weighted by molar-refractivity contribution is 0.282. The molecule has 1 N–H and O–H groups in total. The molecule has 1 aromatic carbocycles. The van der Waals surface area contributed by atoms with Gasteiger partial charge >= 0.3 is 0 Å². The molecule has 0 saturated carbocycles. The van der Waals surface area contributed by atoms with Crippen LogP contribution in [0.1, 0.15) is 23.7 Å². The van der Waals surface area contributed by atoms with Crippen LogP contribution >= 0.6 is 0 Å². The molecule has 1 aromatic heterocycles. The van der Waals surface area contributed by atoms with Crippen molar-refractivity contribution < 1.29 is 5.11 Å². The second-order valence-corrected chi connectivity index (χ2v) is 4.63. The third kappa shape index (κ3) is 3.32. The van der Waals surface area contributed by atoms with Crippen molar-refractivity contribution in [3.05, 3.63) is 59.4 Å². The zero-order valence-electron chi connectivity index (χ0n) is 11.5. The number of hydrogen-bond donors (Lipinski definition) is 1. The zero-order chi connectivity index (χ0) is 13.7. The molecule has 0 bridgehead atoms. The van der Waals surface area contributed by atoms with Crippen LogP contribution in [0.5, 0.6) is 0 Å². The summed E-state index contributed by atoms with van der Waals surface area (Å²) in [4.78, 5) is 6.59. The second kappa shape index (κ2) is 6.34. The quantitative estimate of drug-likeness (QED) is 0.893. The van der Waals surface area contributed by atoms with Gasteiger partial charge in [-0.2, -0.15) is 0 Å². The van der Waals surface area contributed by atoms with Crippen molar-refractivity contribution in [1.82, 2.24) is 4.98 Å². The zero-order valence-corrected chi connectivity index (χ0v) is 11.5. The Labute approximate surface area is 114 Å². The van der Waals surface area contributed by atoms with Gasteiger partial charge in [-0.05, 0) is 32.0 Å². The molecule has 3 heteroatoms. The smallest absolute Gasteiger partial charge is 0.0702 e. The molecule has 0 saturated heterocycles. The highest BCUT2D eigenvalue weighted by atomic mass is 16.3. The van der Waals surface area contributed by atoms with Crippen LogP contribution in [0.2, 0.25) is 0 Å². The van der Waals surface area contributed by atoms with Crippen molar-refractivity contribution in [3.8, 4) is 0 Å². The highest BCUT2D eigenvalue weighted by Gasteiger charge is 2.10. The molecule has 0 aliphatic rings. The summed E-state index contributed by atoms with van der Waals surface area (Å²) >= 11 is 0. The number of aliphatic hydroxyl groups excluding tert-OH is 1. The van der Waals surface area contributed by atoms with Crippen LogP contribution in [0.4, 0.5) is 5.69 Å². The first-order valence-corrected chi connectivity index (χ1v) is 6.60. The van der Waals surface area contributed by atoms with Crippen molar-refractivity contribution >= 4 is 5.69 Å². The molecule has 0 aliphatic heterocycles. The summed E-state index contributed by atoms with van der Waals surface area (Å²) in [5.74, 6) is 0. The second-order valence-electron chi connectivity index (χ2n) is 4.63. The van der Waals surface area contributed by atoms with Crippen LogP contribution in [0.3, 0.4) is 0 Å². The van der Waals surface area contributed by atoms with Gasteiger partial charge in [-0.15, -0.1) is 0 Å². The highest BCUT2D eigenvalue weighted by Crippen LogP contribution is 2.23. The van der Waals surface area contributed by atoms with E-state index in [1.54, 1.807) is 0 Å². The highest BCUT2D eigenvalue weighted by molar-refractivity contribution is 5.54. The van der Waals surface area contributed by atoms with Crippen LogP contribution in [-0.4, -0.2) is 16.6 Å². The van der Waals surface area contributed by atoms with Crippen LogP contribution in [0.25, 0.3) is 0 Å². The Kier molecular flexibility index (Phi) is 4.53. The van der Waals surface area contributed by atoms with E-state index < -0.39 is 0 Å².